The van der Waals surface area contributed by atoms with E-state index in [1.165, 1.54) is 6.92 Å². The van der Waals surface area contributed by atoms with Gasteiger partial charge in [-0.2, -0.15) is 0 Å². The summed E-state index contributed by atoms with van der Waals surface area (Å²) in [6.45, 7) is 7.68. The first-order valence-corrected chi connectivity index (χ1v) is 7.63. The molecule has 0 radical (unpaired) electrons. The van der Waals surface area contributed by atoms with Crippen LogP contribution in [0.5, 0.6) is 0 Å². The molecule has 4 nitrogen and oxygen atoms in total. The maximum atomic E-state index is 12.3. The Hall–Kier alpha value is -1.68. The number of ketones is 1. The molecule has 1 aliphatic heterocycles. The third-order valence-electron chi connectivity index (χ3n) is 4.28. The second-order valence-electron chi connectivity index (χ2n) is 6.02. The van der Waals surface area contributed by atoms with E-state index in [0.29, 0.717) is 11.3 Å². The number of nitrogens with one attached hydrogen (secondary N) is 1. The van der Waals surface area contributed by atoms with Crippen molar-refractivity contribution in [2.45, 2.75) is 39.7 Å². The fourth-order valence-electron chi connectivity index (χ4n) is 2.64. The average Bonchev–Trinajstić information content (AvgIpc) is 2.47. The van der Waals surface area contributed by atoms with Crippen LogP contribution in [-0.2, 0) is 4.79 Å². The molecule has 1 heterocycles. The summed E-state index contributed by atoms with van der Waals surface area (Å²) in [5.74, 6) is 0.748. The molecule has 0 spiro atoms. The summed E-state index contributed by atoms with van der Waals surface area (Å²) in [6.07, 6.45) is 2.30. The first-order valence-electron chi connectivity index (χ1n) is 7.63. The van der Waals surface area contributed by atoms with E-state index in [0.717, 1.165) is 31.8 Å². The minimum atomic E-state index is -0.140. The number of hydrogen-bond donors (Lipinski definition) is 1. The van der Waals surface area contributed by atoms with Crippen molar-refractivity contribution in [2.75, 3.05) is 18.4 Å². The maximum absolute atomic E-state index is 12.3. The molecular weight excluding hydrogens is 264 g/mol. The molecule has 0 aromatic heterocycles. The second-order valence-corrected chi connectivity index (χ2v) is 6.02. The molecule has 4 heteroatoms. The van der Waals surface area contributed by atoms with Crippen molar-refractivity contribution < 1.29 is 9.59 Å². The van der Waals surface area contributed by atoms with Crippen LogP contribution in [0, 0.1) is 5.92 Å². The molecule has 1 N–H and O–H groups in total. The standard InChI is InChI=1S/C17H24N2O2/c1-12-7-9-19(10-8-12)13(2)17(21)18-16-6-4-5-15(11-16)14(3)20/h4-6,11-13H,7-10H2,1-3H3,(H,18,21). The van der Waals surface area contributed by atoms with Crippen molar-refractivity contribution >= 4 is 17.4 Å². The lowest BCUT2D eigenvalue weighted by Crippen LogP contribution is -2.45. The van der Waals surface area contributed by atoms with Gasteiger partial charge in [0.05, 0.1) is 6.04 Å². The highest BCUT2D eigenvalue weighted by molar-refractivity contribution is 5.98. The summed E-state index contributed by atoms with van der Waals surface area (Å²) in [4.78, 5) is 25.9. The van der Waals surface area contributed by atoms with Crippen LogP contribution in [0.1, 0.15) is 44.0 Å². The van der Waals surface area contributed by atoms with Crippen LogP contribution in [0.3, 0.4) is 0 Å². The van der Waals surface area contributed by atoms with Crippen LogP contribution in [0.4, 0.5) is 5.69 Å². The Labute approximate surface area is 126 Å². The van der Waals surface area contributed by atoms with Crippen LogP contribution in [0.25, 0.3) is 0 Å². The second kappa shape index (κ2) is 6.85. The molecule has 1 aliphatic rings. The van der Waals surface area contributed by atoms with Gasteiger partial charge in [0.1, 0.15) is 0 Å². The predicted molar refractivity (Wildman–Crippen MR) is 84.5 cm³/mol. The fraction of sp³-hybridized carbons (Fsp3) is 0.529. The highest BCUT2D eigenvalue weighted by atomic mass is 16.2. The minimum Gasteiger partial charge on any atom is -0.325 e. The Balaban J connectivity index is 1.97. The molecule has 0 aliphatic carbocycles. The van der Waals surface area contributed by atoms with Gasteiger partial charge in [-0.3, -0.25) is 14.5 Å². The number of hydrogen-bond acceptors (Lipinski definition) is 3. The quantitative estimate of drug-likeness (QED) is 0.867. The van der Waals surface area contributed by atoms with E-state index < -0.39 is 0 Å². The number of likely N-dealkylation sites (tertiary alicyclic amines) is 1. The normalized spacial score (nSPS) is 18.2. The van der Waals surface area contributed by atoms with Gasteiger partial charge in [-0.25, -0.2) is 0 Å². The summed E-state index contributed by atoms with van der Waals surface area (Å²) in [5.41, 5.74) is 1.30. The molecule has 1 atom stereocenters. The van der Waals surface area contributed by atoms with E-state index in [1.54, 1.807) is 18.2 Å². The number of nitrogens with zero attached hydrogens (tertiary/aromatic N) is 1. The van der Waals surface area contributed by atoms with Crippen molar-refractivity contribution in [3.05, 3.63) is 29.8 Å². The minimum absolute atomic E-state index is 0.00386. The number of anilines is 1. The van der Waals surface area contributed by atoms with Crippen molar-refractivity contribution in [2.24, 2.45) is 5.92 Å². The topological polar surface area (TPSA) is 49.4 Å². The first-order chi connectivity index (χ1) is 9.97. The van der Waals surface area contributed by atoms with Crippen molar-refractivity contribution in [3.8, 4) is 0 Å². The van der Waals surface area contributed by atoms with E-state index in [9.17, 15) is 9.59 Å². The zero-order valence-corrected chi connectivity index (χ0v) is 13.1. The third-order valence-corrected chi connectivity index (χ3v) is 4.28. The number of carbonyl (C=O) groups excluding carboxylic acids is 2. The monoisotopic (exact) mass is 288 g/mol. The molecule has 2 rings (SSSR count). The van der Waals surface area contributed by atoms with Crippen LogP contribution in [0.2, 0.25) is 0 Å². The Morgan fingerprint density at radius 3 is 2.57 bits per heavy atom. The molecule has 1 aromatic rings. The third kappa shape index (κ3) is 4.14. The largest absolute Gasteiger partial charge is 0.325 e. The van der Waals surface area contributed by atoms with Crippen molar-refractivity contribution in [1.82, 2.24) is 4.90 Å². The Morgan fingerprint density at radius 2 is 1.95 bits per heavy atom. The molecule has 21 heavy (non-hydrogen) atoms. The van der Waals surface area contributed by atoms with Gasteiger partial charge in [-0.15, -0.1) is 0 Å². The van der Waals surface area contributed by atoms with Gasteiger partial charge in [-0.1, -0.05) is 19.1 Å². The Morgan fingerprint density at radius 1 is 1.29 bits per heavy atom. The Kier molecular flexibility index (Phi) is 5.12. The number of piperidine rings is 1. The van der Waals surface area contributed by atoms with E-state index >= 15 is 0 Å². The van der Waals surface area contributed by atoms with Crippen LogP contribution in [0.15, 0.2) is 24.3 Å². The molecular formula is C17H24N2O2. The summed E-state index contributed by atoms with van der Waals surface area (Å²) in [7, 11) is 0. The van der Waals surface area contributed by atoms with Gasteiger partial charge in [0.15, 0.2) is 5.78 Å². The highest BCUT2D eigenvalue weighted by Crippen LogP contribution is 2.19. The van der Waals surface area contributed by atoms with Crippen molar-refractivity contribution in [3.63, 3.8) is 0 Å². The van der Waals surface area contributed by atoms with Gasteiger partial charge >= 0.3 is 0 Å². The smallest absolute Gasteiger partial charge is 0.241 e. The van der Waals surface area contributed by atoms with E-state index in [-0.39, 0.29) is 17.7 Å². The Bertz CT molecular complexity index is 519. The summed E-state index contributed by atoms with van der Waals surface area (Å²) in [6, 6.07) is 6.95. The van der Waals surface area contributed by atoms with Crippen LogP contribution < -0.4 is 5.32 Å². The van der Waals surface area contributed by atoms with E-state index in [2.05, 4.69) is 17.1 Å². The summed E-state index contributed by atoms with van der Waals surface area (Å²) in [5, 5.41) is 2.91. The van der Waals surface area contributed by atoms with Gasteiger partial charge in [-0.05, 0) is 57.8 Å². The zero-order valence-electron chi connectivity index (χ0n) is 13.1. The van der Waals surface area contributed by atoms with E-state index in [4.69, 9.17) is 0 Å². The molecule has 1 saturated heterocycles. The highest BCUT2D eigenvalue weighted by Gasteiger charge is 2.25. The van der Waals surface area contributed by atoms with Gasteiger partial charge in [0.25, 0.3) is 0 Å². The van der Waals surface area contributed by atoms with Gasteiger partial charge in [0.2, 0.25) is 5.91 Å². The fourth-order valence-corrected chi connectivity index (χ4v) is 2.64. The average molecular weight is 288 g/mol. The molecule has 114 valence electrons. The molecule has 0 bridgehead atoms. The summed E-state index contributed by atoms with van der Waals surface area (Å²) < 4.78 is 0. The maximum Gasteiger partial charge on any atom is 0.241 e. The van der Waals surface area contributed by atoms with E-state index in [1.807, 2.05) is 13.0 Å². The van der Waals surface area contributed by atoms with Crippen molar-refractivity contribution in [1.29, 1.82) is 0 Å². The molecule has 0 saturated carbocycles. The summed E-state index contributed by atoms with van der Waals surface area (Å²) >= 11 is 0. The van der Waals surface area contributed by atoms with Gasteiger partial charge < -0.3 is 5.32 Å². The SMILES string of the molecule is CC(=O)c1cccc(NC(=O)C(C)N2CCC(C)CC2)c1. The van der Waals surface area contributed by atoms with Crippen LogP contribution >= 0.6 is 0 Å². The predicted octanol–water partition coefficient (Wildman–Crippen LogP) is 2.95. The molecule has 1 amide bonds. The zero-order chi connectivity index (χ0) is 15.4. The molecule has 1 unspecified atom stereocenters. The first kappa shape index (κ1) is 15.7. The number of benzene rings is 1. The lowest BCUT2D eigenvalue weighted by Gasteiger charge is -2.34. The molecule has 1 aromatic carbocycles. The lowest BCUT2D eigenvalue weighted by atomic mass is 9.98. The number of amides is 1. The van der Waals surface area contributed by atoms with Crippen LogP contribution in [-0.4, -0.2) is 35.7 Å². The number of Topliss-reactive ketones (excluding diaryl/α,β-unsaturated/α-hetero) is 1. The van der Waals surface area contributed by atoms with Gasteiger partial charge in [0, 0.05) is 11.3 Å². The number of carbonyl (C=O) groups is 2. The lowest BCUT2D eigenvalue weighted by molar-refractivity contribution is -0.121. The number of rotatable bonds is 4. The molecule has 1 fully saturated rings.